The number of thiophene rings is 1. The molecule has 3 rings (SSSR count). The molecule has 3 heterocycles. The van der Waals surface area contributed by atoms with Crippen molar-refractivity contribution < 1.29 is 9.32 Å². The van der Waals surface area contributed by atoms with Gasteiger partial charge < -0.3 is 9.84 Å². The highest BCUT2D eigenvalue weighted by molar-refractivity contribution is 7.07. The van der Waals surface area contributed by atoms with Crippen LogP contribution >= 0.6 is 11.3 Å². The number of amides is 1. The van der Waals surface area contributed by atoms with Gasteiger partial charge in [0.25, 0.3) is 5.91 Å². The van der Waals surface area contributed by atoms with E-state index in [0.717, 1.165) is 11.1 Å². The zero-order valence-electron chi connectivity index (χ0n) is 11.4. The van der Waals surface area contributed by atoms with E-state index in [1.807, 2.05) is 22.9 Å². The Morgan fingerprint density at radius 3 is 3.05 bits per heavy atom. The van der Waals surface area contributed by atoms with Gasteiger partial charge in [0.15, 0.2) is 5.76 Å². The Morgan fingerprint density at radius 1 is 1.43 bits per heavy atom. The van der Waals surface area contributed by atoms with E-state index in [0.29, 0.717) is 23.6 Å². The number of carbonyl (C=O) groups excluding carboxylic acids is 1. The van der Waals surface area contributed by atoms with Crippen LogP contribution in [0.1, 0.15) is 21.6 Å². The smallest absolute Gasteiger partial charge is 0.257 e. The lowest BCUT2D eigenvalue weighted by molar-refractivity contribution is 0.0950. The molecule has 0 aliphatic carbocycles. The zero-order valence-corrected chi connectivity index (χ0v) is 12.2. The molecule has 0 spiro atoms. The Bertz CT molecular complexity index is 736. The van der Waals surface area contributed by atoms with Crippen LogP contribution in [0.5, 0.6) is 0 Å². The number of carbonyl (C=O) groups is 1. The average molecular weight is 299 g/mol. The molecule has 0 atom stereocenters. The molecule has 1 amide bonds. The van der Waals surface area contributed by atoms with Gasteiger partial charge in [0.05, 0.1) is 5.69 Å². The van der Waals surface area contributed by atoms with E-state index in [2.05, 4.69) is 15.5 Å². The zero-order chi connectivity index (χ0) is 14.7. The molecule has 0 fully saturated rings. The van der Waals surface area contributed by atoms with Crippen LogP contribution in [0.2, 0.25) is 0 Å². The summed E-state index contributed by atoms with van der Waals surface area (Å²) >= 11 is 1.60. The fourth-order valence-electron chi connectivity index (χ4n) is 2.00. The minimum atomic E-state index is -0.196. The Labute approximate surface area is 125 Å². The molecule has 0 aromatic carbocycles. The minimum absolute atomic E-state index is 0.196. The summed E-state index contributed by atoms with van der Waals surface area (Å²) in [7, 11) is 0. The summed E-state index contributed by atoms with van der Waals surface area (Å²) in [4.78, 5) is 16.4. The predicted octanol–water partition coefficient (Wildman–Crippen LogP) is 3.04. The van der Waals surface area contributed by atoms with Gasteiger partial charge in [0.2, 0.25) is 0 Å². The maximum absolute atomic E-state index is 12.4. The lowest BCUT2D eigenvalue weighted by atomic mass is 10.1. The molecule has 0 unspecified atom stereocenters. The van der Waals surface area contributed by atoms with E-state index < -0.39 is 0 Å². The first-order valence-electron chi connectivity index (χ1n) is 6.41. The van der Waals surface area contributed by atoms with E-state index >= 15 is 0 Å². The molecular weight excluding hydrogens is 286 g/mol. The largest absolute Gasteiger partial charge is 0.355 e. The molecule has 0 radical (unpaired) electrons. The van der Waals surface area contributed by atoms with Crippen molar-refractivity contribution in [3.05, 3.63) is 58.2 Å². The molecule has 0 aliphatic rings. The normalized spacial score (nSPS) is 10.5. The van der Waals surface area contributed by atoms with Gasteiger partial charge >= 0.3 is 0 Å². The number of nitrogens with one attached hydrogen (secondary N) is 1. The van der Waals surface area contributed by atoms with E-state index in [-0.39, 0.29) is 5.91 Å². The van der Waals surface area contributed by atoms with E-state index in [9.17, 15) is 4.79 Å². The van der Waals surface area contributed by atoms with Gasteiger partial charge in [-0.1, -0.05) is 5.16 Å². The summed E-state index contributed by atoms with van der Waals surface area (Å²) in [5.74, 6) is 0.252. The Balaban J connectivity index is 1.84. The van der Waals surface area contributed by atoms with Gasteiger partial charge in [-0.05, 0) is 41.4 Å². The standard InChI is InChI=1S/C15H13N3O2S/c1-10-13(15(19)17-7-11-4-6-21-9-11)14(20-18-10)12-3-2-5-16-8-12/h2-6,8-9H,7H2,1H3,(H,17,19). The second-order valence-electron chi connectivity index (χ2n) is 4.53. The highest BCUT2D eigenvalue weighted by Crippen LogP contribution is 2.25. The van der Waals surface area contributed by atoms with Crippen molar-refractivity contribution in [2.24, 2.45) is 0 Å². The van der Waals surface area contributed by atoms with E-state index in [4.69, 9.17) is 4.52 Å². The molecule has 0 aliphatic heterocycles. The SMILES string of the molecule is Cc1noc(-c2cccnc2)c1C(=O)NCc1ccsc1. The van der Waals surface area contributed by atoms with Crippen molar-refractivity contribution in [2.45, 2.75) is 13.5 Å². The average Bonchev–Trinajstić information content (AvgIpc) is 3.15. The second-order valence-corrected chi connectivity index (χ2v) is 5.31. The van der Waals surface area contributed by atoms with Crippen LogP contribution in [0.4, 0.5) is 0 Å². The first-order valence-corrected chi connectivity index (χ1v) is 7.36. The maximum atomic E-state index is 12.4. The summed E-state index contributed by atoms with van der Waals surface area (Å²) < 4.78 is 5.29. The molecule has 3 aromatic rings. The van der Waals surface area contributed by atoms with Crippen LogP contribution in [0.15, 0.2) is 45.9 Å². The Kier molecular flexibility index (Phi) is 3.79. The third kappa shape index (κ3) is 2.85. The van der Waals surface area contributed by atoms with Gasteiger partial charge in [-0.25, -0.2) is 0 Å². The van der Waals surface area contributed by atoms with E-state index in [1.165, 1.54) is 0 Å². The molecular formula is C15H13N3O2S. The molecule has 1 N–H and O–H groups in total. The first kappa shape index (κ1) is 13.5. The fourth-order valence-corrected chi connectivity index (χ4v) is 2.66. The summed E-state index contributed by atoms with van der Waals surface area (Å²) in [6.45, 7) is 2.24. The van der Waals surface area contributed by atoms with Crippen LogP contribution in [-0.4, -0.2) is 16.0 Å². The van der Waals surface area contributed by atoms with Crippen molar-refractivity contribution in [1.29, 1.82) is 0 Å². The van der Waals surface area contributed by atoms with Crippen LogP contribution in [-0.2, 0) is 6.54 Å². The summed E-state index contributed by atoms with van der Waals surface area (Å²) in [5, 5.41) is 10.8. The van der Waals surface area contributed by atoms with Crippen molar-refractivity contribution in [2.75, 3.05) is 0 Å². The fraction of sp³-hybridized carbons (Fsp3) is 0.133. The molecule has 106 valence electrons. The molecule has 6 heteroatoms. The summed E-state index contributed by atoms with van der Waals surface area (Å²) in [6, 6.07) is 5.61. The molecule has 5 nitrogen and oxygen atoms in total. The lowest BCUT2D eigenvalue weighted by Gasteiger charge is -2.04. The number of pyridine rings is 1. The lowest BCUT2D eigenvalue weighted by Crippen LogP contribution is -2.23. The number of hydrogen-bond donors (Lipinski definition) is 1. The topological polar surface area (TPSA) is 68.0 Å². The maximum Gasteiger partial charge on any atom is 0.257 e. The van der Waals surface area contributed by atoms with Gasteiger partial charge in [-0.15, -0.1) is 0 Å². The second kappa shape index (κ2) is 5.88. The summed E-state index contributed by atoms with van der Waals surface area (Å²) in [5.41, 5.74) is 2.83. The van der Waals surface area contributed by atoms with Gasteiger partial charge in [0, 0.05) is 24.5 Å². The van der Waals surface area contributed by atoms with Crippen molar-refractivity contribution >= 4 is 17.2 Å². The number of nitrogens with zero attached hydrogens (tertiary/aromatic N) is 2. The number of rotatable bonds is 4. The predicted molar refractivity (Wildman–Crippen MR) is 80.0 cm³/mol. The molecule has 3 aromatic heterocycles. The van der Waals surface area contributed by atoms with Crippen LogP contribution in [0.3, 0.4) is 0 Å². The number of hydrogen-bond acceptors (Lipinski definition) is 5. The van der Waals surface area contributed by atoms with Crippen LogP contribution in [0, 0.1) is 6.92 Å². The van der Waals surface area contributed by atoms with Crippen LogP contribution < -0.4 is 5.32 Å². The van der Waals surface area contributed by atoms with Crippen molar-refractivity contribution in [3.63, 3.8) is 0 Å². The third-order valence-corrected chi connectivity index (χ3v) is 3.78. The molecule has 0 bridgehead atoms. The minimum Gasteiger partial charge on any atom is -0.355 e. The number of aromatic nitrogens is 2. The van der Waals surface area contributed by atoms with Crippen molar-refractivity contribution in [3.8, 4) is 11.3 Å². The molecule has 0 saturated carbocycles. The van der Waals surface area contributed by atoms with Crippen molar-refractivity contribution in [1.82, 2.24) is 15.5 Å². The van der Waals surface area contributed by atoms with E-state index in [1.54, 1.807) is 36.7 Å². The first-order chi connectivity index (χ1) is 10.3. The quantitative estimate of drug-likeness (QED) is 0.804. The summed E-state index contributed by atoms with van der Waals surface area (Å²) in [6.07, 6.45) is 3.32. The van der Waals surface area contributed by atoms with Gasteiger partial charge in [-0.2, -0.15) is 11.3 Å². The van der Waals surface area contributed by atoms with Crippen LogP contribution in [0.25, 0.3) is 11.3 Å². The van der Waals surface area contributed by atoms with Gasteiger partial charge in [-0.3, -0.25) is 9.78 Å². The Morgan fingerprint density at radius 2 is 2.33 bits per heavy atom. The third-order valence-electron chi connectivity index (χ3n) is 3.05. The highest BCUT2D eigenvalue weighted by Gasteiger charge is 2.21. The van der Waals surface area contributed by atoms with Gasteiger partial charge in [0.1, 0.15) is 5.56 Å². The molecule has 0 saturated heterocycles. The molecule has 21 heavy (non-hydrogen) atoms. The monoisotopic (exact) mass is 299 g/mol. The Hall–Kier alpha value is -2.47. The highest BCUT2D eigenvalue weighted by atomic mass is 32.1. The number of aryl methyl sites for hydroxylation is 1.